The Labute approximate surface area is 85.6 Å². The van der Waals surface area contributed by atoms with Crippen molar-refractivity contribution in [1.29, 1.82) is 0 Å². The van der Waals surface area contributed by atoms with Crippen molar-refractivity contribution in [2.24, 2.45) is 0 Å². The fourth-order valence-corrected chi connectivity index (χ4v) is 1.03. The standard InChI is InChI=1S/C8H6Cl2NO2/c1-13-8(12)11-5-2-3-6(9)7(10)4-5/h2-4H,1H2,(H,11,12). The van der Waals surface area contributed by atoms with E-state index in [1.165, 1.54) is 6.07 Å². The van der Waals surface area contributed by atoms with Crippen LogP contribution in [0, 0.1) is 7.11 Å². The summed E-state index contributed by atoms with van der Waals surface area (Å²) in [6.07, 6.45) is -0.654. The normalized spacial score (nSPS) is 9.46. The van der Waals surface area contributed by atoms with E-state index in [0.717, 1.165) is 0 Å². The maximum atomic E-state index is 10.7. The number of nitrogens with one attached hydrogen (secondary N) is 1. The maximum Gasteiger partial charge on any atom is 0.411 e. The molecule has 1 rings (SSSR count). The van der Waals surface area contributed by atoms with E-state index in [2.05, 4.69) is 17.2 Å². The van der Waals surface area contributed by atoms with Crippen molar-refractivity contribution in [3.05, 3.63) is 35.4 Å². The molecule has 0 aliphatic rings. The zero-order valence-electron chi connectivity index (χ0n) is 6.51. The van der Waals surface area contributed by atoms with Gasteiger partial charge in [0.2, 0.25) is 0 Å². The molecule has 0 atom stereocenters. The Hall–Kier alpha value is -0.930. The van der Waals surface area contributed by atoms with Gasteiger partial charge in [0.15, 0.2) is 0 Å². The Kier molecular flexibility index (Phi) is 3.39. The molecule has 0 unspecified atom stereocenters. The van der Waals surface area contributed by atoms with E-state index >= 15 is 0 Å². The van der Waals surface area contributed by atoms with Gasteiger partial charge in [0.25, 0.3) is 0 Å². The lowest BCUT2D eigenvalue weighted by molar-refractivity contribution is 0.199. The summed E-state index contributed by atoms with van der Waals surface area (Å²) < 4.78 is 4.15. The van der Waals surface area contributed by atoms with Gasteiger partial charge >= 0.3 is 6.09 Å². The summed E-state index contributed by atoms with van der Waals surface area (Å²) in [5.41, 5.74) is 0.503. The molecule has 0 aliphatic carbocycles. The second-order valence-corrected chi connectivity index (χ2v) is 3.00. The minimum Gasteiger partial charge on any atom is -0.446 e. The smallest absolute Gasteiger partial charge is 0.411 e. The van der Waals surface area contributed by atoms with Gasteiger partial charge in [-0.1, -0.05) is 23.2 Å². The Morgan fingerprint density at radius 2 is 2.08 bits per heavy atom. The number of amides is 1. The van der Waals surface area contributed by atoms with E-state index in [-0.39, 0.29) is 0 Å². The number of rotatable bonds is 1. The van der Waals surface area contributed by atoms with Crippen molar-refractivity contribution in [3.8, 4) is 0 Å². The number of halogens is 2. The van der Waals surface area contributed by atoms with E-state index < -0.39 is 6.09 Å². The molecule has 1 aromatic rings. The highest BCUT2D eigenvalue weighted by atomic mass is 35.5. The molecule has 0 saturated carbocycles. The van der Waals surface area contributed by atoms with E-state index in [1.54, 1.807) is 12.1 Å². The van der Waals surface area contributed by atoms with Crippen molar-refractivity contribution in [2.45, 2.75) is 0 Å². The van der Waals surface area contributed by atoms with Crippen molar-refractivity contribution < 1.29 is 9.53 Å². The van der Waals surface area contributed by atoms with Gasteiger partial charge in [-0.15, -0.1) is 0 Å². The summed E-state index contributed by atoms with van der Waals surface area (Å²) in [6, 6.07) is 4.69. The third-order valence-corrected chi connectivity index (χ3v) is 2.04. The topological polar surface area (TPSA) is 38.3 Å². The molecule has 3 nitrogen and oxygen atoms in total. The lowest BCUT2D eigenvalue weighted by atomic mass is 10.3. The molecule has 0 bridgehead atoms. The van der Waals surface area contributed by atoms with E-state index in [4.69, 9.17) is 23.2 Å². The first-order chi connectivity index (χ1) is 6.13. The first kappa shape index (κ1) is 10.2. The zero-order chi connectivity index (χ0) is 9.84. The molecule has 69 valence electrons. The molecule has 0 spiro atoms. The van der Waals surface area contributed by atoms with Crippen molar-refractivity contribution in [3.63, 3.8) is 0 Å². The van der Waals surface area contributed by atoms with Gasteiger partial charge in [-0.3, -0.25) is 5.32 Å². The summed E-state index contributed by atoms with van der Waals surface area (Å²) in [4.78, 5) is 10.7. The number of hydrogen-bond donors (Lipinski definition) is 1. The van der Waals surface area contributed by atoms with Gasteiger partial charge in [0.1, 0.15) is 7.11 Å². The first-order valence-corrected chi connectivity index (χ1v) is 4.07. The van der Waals surface area contributed by atoms with Gasteiger partial charge < -0.3 is 4.74 Å². The minimum atomic E-state index is -0.654. The molecule has 1 N–H and O–H groups in total. The Bertz CT molecular complexity index is 328. The Morgan fingerprint density at radius 3 is 2.62 bits per heavy atom. The predicted octanol–water partition coefficient (Wildman–Crippen LogP) is 3.33. The SMILES string of the molecule is [CH2]OC(=O)Nc1ccc(Cl)c(Cl)c1. The Morgan fingerprint density at radius 1 is 1.38 bits per heavy atom. The van der Waals surface area contributed by atoms with Crippen LogP contribution in [0.25, 0.3) is 0 Å². The minimum absolute atomic E-state index is 0.364. The third-order valence-electron chi connectivity index (χ3n) is 1.30. The molecular formula is C8H6Cl2NO2. The first-order valence-electron chi connectivity index (χ1n) is 3.31. The van der Waals surface area contributed by atoms with Crippen LogP contribution in [0.15, 0.2) is 18.2 Å². The van der Waals surface area contributed by atoms with Gasteiger partial charge in [-0.25, -0.2) is 4.79 Å². The maximum absolute atomic E-state index is 10.7. The molecule has 0 aromatic heterocycles. The summed E-state index contributed by atoms with van der Waals surface area (Å²) in [6.45, 7) is 0. The van der Waals surface area contributed by atoms with Crippen LogP contribution < -0.4 is 5.32 Å². The van der Waals surface area contributed by atoms with Crippen molar-refractivity contribution in [1.82, 2.24) is 0 Å². The lowest BCUT2D eigenvalue weighted by Gasteiger charge is -2.03. The number of carbonyl (C=O) groups is 1. The molecule has 1 aromatic carbocycles. The van der Waals surface area contributed by atoms with Crippen molar-refractivity contribution >= 4 is 35.0 Å². The number of benzene rings is 1. The van der Waals surface area contributed by atoms with Crippen LogP contribution >= 0.6 is 23.2 Å². The fourth-order valence-electron chi connectivity index (χ4n) is 0.728. The van der Waals surface area contributed by atoms with Gasteiger partial charge in [0, 0.05) is 5.69 Å². The summed E-state index contributed by atoms with van der Waals surface area (Å²) in [7, 11) is 2.95. The zero-order valence-corrected chi connectivity index (χ0v) is 8.02. The molecule has 0 saturated heterocycles. The fraction of sp³-hybridized carbons (Fsp3) is 0. The molecule has 13 heavy (non-hydrogen) atoms. The third kappa shape index (κ3) is 2.79. The second kappa shape index (κ2) is 4.35. The van der Waals surface area contributed by atoms with E-state index in [1.807, 2.05) is 0 Å². The van der Waals surface area contributed by atoms with Crippen LogP contribution in [0.1, 0.15) is 0 Å². The average molecular weight is 219 g/mol. The van der Waals surface area contributed by atoms with Crippen LogP contribution in [-0.2, 0) is 4.74 Å². The summed E-state index contributed by atoms with van der Waals surface area (Å²) in [5, 5.41) is 3.18. The van der Waals surface area contributed by atoms with Gasteiger partial charge in [-0.05, 0) is 18.2 Å². The molecule has 0 heterocycles. The predicted molar refractivity (Wildman–Crippen MR) is 51.9 cm³/mol. The highest BCUT2D eigenvalue weighted by Crippen LogP contribution is 2.24. The van der Waals surface area contributed by atoms with Crippen LogP contribution in [0.5, 0.6) is 0 Å². The van der Waals surface area contributed by atoms with Crippen LogP contribution in [0.2, 0.25) is 10.0 Å². The summed E-state index contributed by atoms with van der Waals surface area (Å²) in [5.74, 6) is 0. The van der Waals surface area contributed by atoms with Crippen LogP contribution in [-0.4, -0.2) is 6.09 Å². The Balaban J connectivity index is 2.79. The van der Waals surface area contributed by atoms with Crippen LogP contribution in [0.3, 0.4) is 0 Å². The second-order valence-electron chi connectivity index (χ2n) is 2.19. The molecule has 5 heteroatoms. The number of anilines is 1. The van der Waals surface area contributed by atoms with E-state index in [9.17, 15) is 4.79 Å². The monoisotopic (exact) mass is 218 g/mol. The quantitative estimate of drug-likeness (QED) is 0.786. The van der Waals surface area contributed by atoms with Crippen molar-refractivity contribution in [2.75, 3.05) is 5.32 Å². The molecule has 1 radical (unpaired) electrons. The van der Waals surface area contributed by atoms with Gasteiger partial charge in [0.05, 0.1) is 10.0 Å². The highest BCUT2D eigenvalue weighted by molar-refractivity contribution is 6.42. The van der Waals surface area contributed by atoms with Crippen LogP contribution in [0.4, 0.5) is 10.5 Å². The molecule has 0 aliphatic heterocycles. The van der Waals surface area contributed by atoms with Gasteiger partial charge in [-0.2, -0.15) is 0 Å². The number of ether oxygens (including phenoxy) is 1. The molecule has 1 amide bonds. The number of carbonyl (C=O) groups excluding carboxylic acids is 1. The number of hydrogen-bond acceptors (Lipinski definition) is 2. The lowest BCUT2D eigenvalue weighted by Crippen LogP contribution is -2.09. The molecule has 0 fully saturated rings. The average Bonchev–Trinajstić information content (AvgIpc) is 2.11. The largest absolute Gasteiger partial charge is 0.446 e. The van der Waals surface area contributed by atoms with E-state index in [0.29, 0.717) is 15.7 Å². The highest BCUT2D eigenvalue weighted by Gasteiger charge is 2.02. The summed E-state index contributed by atoms with van der Waals surface area (Å²) >= 11 is 11.4. The molecular weight excluding hydrogens is 213 g/mol.